The highest BCUT2D eigenvalue weighted by Gasteiger charge is 2.66. The van der Waals surface area contributed by atoms with Crippen molar-refractivity contribution < 1.29 is 24.1 Å². The van der Waals surface area contributed by atoms with E-state index in [1.165, 1.54) is 6.92 Å². The maximum absolute atomic E-state index is 15.0. The van der Waals surface area contributed by atoms with E-state index in [9.17, 15) is 19.4 Å². The molecule has 3 saturated carbocycles. The average molecular weight is 390 g/mol. The molecule has 0 spiro atoms. The first-order valence-electron chi connectivity index (χ1n) is 10.5. The standard InChI is InChI=1S/C23H31FO4/c1-5-23(27)11-7-15-19-14(6-10-22(15,23)4)21(3)9-8-17(26)20(24)16(21)12-18(19)28-13(2)25/h1,14-15,17-19,26-27H,6-12H2,2-4H3/t14-,15-,17+,18-,19+,21+,22-,23-/m0/s1. The van der Waals surface area contributed by atoms with Crippen LogP contribution in [-0.4, -0.2) is 34.0 Å². The SMILES string of the molecule is C#C[C@]1(O)CC[C@H]2[C@@H]3[C@@H](OC(C)=O)CC4=C(F)[C@H](O)CC[C@]4(C)[C@H]3CC[C@@]21C. The Morgan fingerprint density at radius 1 is 1.21 bits per heavy atom. The third-order valence-corrected chi connectivity index (χ3v) is 8.90. The van der Waals surface area contributed by atoms with E-state index in [0.717, 1.165) is 25.7 Å². The molecule has 8 atom stereocenters. The number of aliphatic hydroxyl groups excluding tert-OH is 1. The highest BCUT2D eigenvalue weighted by molar-refractivity contribution is 5.66. The molecule has 0 unspecified atom stereocenters. The van der Waals surface area contributed by atoms with Gasteiger partial charge < -0.3 is 14.9 Å². The molecule has 4 rings (SSSR count). The summed E-state index contributed by atoms with van der Waals surface area (Å²) >= 11 is 0. The Kier molecular flexibility index (Phi) is 4.49. The fourth-order valence-corrected chi connectivity index (χ4v) is 7.31. The van der Waals surface area contributed by atoms with Gasteiger partial charge in [0.1, 0.15) is 23.6 Å². The molecule has 0 aliphatic heterocycles. The number of aliphatic hydroxyl groups is 2. The first-order valence-corrected chi connectivity index (χ1v) is 10.5. The molecule has 3 fully saturated rings. The van der Waals surface area contributed by atoms with Gasteiger partial charge in [-0.1, -0.05) is 19.8 Å². The lowest BCUT2D eigenvalue weighted by Gasteiger charge is -2.60. The largest absolute Gasteiger partial charge is 0.462 e. The van der Waals surface area contributed by atoms with E-state index in [1.807, 2.05) is 0 Å². The van der Waals surface area contributed by atoms with Crippen LogP contribution < -0.4 is 0 Å². The summed E-state index contributed by atoms with van der Waals surface area (Å²) in [6.07, 6.45) is 8.64. The second-order valence-electron chi connectivity index (χ2n) is 9.94. The molecule has 0 aromatic rings. The first-order chi connectivity index (χ1) is 13.1. The van der Waals surface area contributed by atoms with Gasteiger partial charge in [0, 0.05) is 24.7 Å². The number of rotatable bonds is 1. The zero-order chi connectivity index (χ0) is 20.5. The lowest BCUT2D eigenvalue weighted by molar-refractivity contribution is -0.172. The number of halogens is 1. The number of esters is 1. The normalized spacial score (nSPS) is 50.2. The number of terminal acetylenes is 1. The fraction of sp³-hybridized carbons (Fsp3) is 0.783. The summed E-state index contributed by atoms with van der Waals surface area (Å²) in [5.74, 6) is 2.18. The van der Waals surface area contributed by atoms with Crippen LogP contribution in [0.2, 0.25) is 0 Å². The molecule has 154 valence electrons. The van der Waals surface area contributed by atoms with Gasteiger partial charge in [-0.3, -0.25) is 4.79 Å². The van der Waals surface area contributed by atoms with Gasteiger partial charge in [0.2, 0.25) is 0 Å². The zero-order valence-electron chi connectivity index (χ0n) is 17.0. The van der Waals surface area contributed by atoms with Crippen LogP contribution in [0.25, 0.3) is 0 Å². The number of carbonyl (C=O) groups excluding carboxylic acids is 1. The molecular weight excluding hydrogens is 359 g/mol. The third-order valence-electron chi connectivity index (χ3n) is 8.90. The maximum atomic E-state index is 15.0. The van der Waals surface area contributed by atoms with Gasteiger partial charge in [0.15, 0.2) is 0 Å². The summed E-state index contributed by atoms with van der Waals surface area (Å²) in [4.78, 5) is 11.9. The van der Waals surface area contributed by atoms with Gasteiger partial charge in [-0.2, -0.15) is 0 Å². The van der Waals surface area contributed by atoms with Crippen molar-refractivity contribution in [2.45, 2.75) is 83.5 Å². The smallest absolute Gasteiger partial charge is 0.302 e. The van der Waals surface area contributed by atoms with Crippen molar-refractivity contribution in [3.63, 3.8) is 0 Å². The fourth-order valence-electron chi connectivity index (χ4n) is 7.31. The van der Waals surface area contributed by atoms with E-state index in [0.29, 0.717) is 24.8 Å². The van der Waals surface area contributed by atoms with E-state index in [1.54, 1.807) is 0 Å². The molecule has 28 heavy (non-hydrogen) atoms. The quantitative estimate of drug-likeness (QED) is 0.531. The maximum Gasteiger partial charge on any atom is 0.302 e. The van der Waals surface area contributed by atoms with Gasteiger partial charge in [-0.05, 0) is 61.3 Å². The molecule has 0 heterocycles. The number of hydrogen-bond acceptors (Lipinski definition) is 4. The van der Waals surface area contributed by atoms with Crippen molar-refractivity contribution in [3.8, 4) is 12.3 Å². The minimum Gasteiger partial charge on any atom is -0.462 e. The van der Waals surface area contributed by atoms with Gasteiger partial charge in [0.05, 0.1) is 0 Å². The predicted molar refractivity (Wildman–Crippen MR) is 102 cm³/mol. The van der Waals surface area contributed by atoms with E-state index in [2.05, 4.69) is 19.8 Å². The molecule has 0 saturated heterocycles. The van der Waals surface area contributed by atoms with Crippen molar-refractivity contribution in [2.24, 2.45) is 28.6 Å². The van der Waals surface area contributed by atoms with E-state index in [-0.39, 0.29) is 29.1 Å². The van der Waals surface area contributed by atoms with E-state index in [4.69, 9.17) is 11.2 Å². The molecule has 4 aliphatic carbocycles. The van der Waals surface area contributed by atoms with Crippen LogP contribution >= 0.6 is 0 Å². The molecule has 4 aliphatic rings. The monoisotopic (exact) mass is 390 g/mol. The van der Waals surface area contributed by atoms with Crippen LogP contribution in [0.5, 0.6) is 0 Å². The second kappa shape index (κ2) is 6.31. The van der Waals surface area contributed by atoms with E-state index >= 15 is 0 Å². The molecule has 5 heteroatoms. The van der Waals surface area contributed by atoms with Crippen LogP contribution in [0.3, 0.4) is 0 Å². The Morgan fingerprint density at radius 2 is 1.89 bits per heavy atom. The van der Waals surface area contributed by atoms with Crippen molar-refractivity contribution in [1.82, 2.24) is 0 Å². The van der Waals surface area contributed by atoms with Gasteiger partial charge >= 0.3 is 5.97 Å². The topological polar surface area (TPSA) is 66.8 Å². The number of carbonyl (C=O) groups is 1. The summed E-state index contributed by atoms with van der Waals surface area (Å²) in [6, 6.07) is 0. The Hall–Kier alpha value is -1.38. The first kappa shape index (κ1) is 19.9. The molecule has 0 radical (unpaired) electrons. The molecule has 0 amide bonds. The summed E-state index contributed by atoms with van der Waals surface area (Å²) in [5.41, 5.74) is -1.28. The van der Waals surface area contributed by atoms with E-state index < -0.39 is 29.1 Å². The summed E-state index contributed by atoms with van der Waals surface area (Å²) < 4.78 is 20.7. The van der Waals surface area contributed by atoms with Gasteiger partial charge in [0.25, 0.3) is 0 Å². The Morgan fingerprint density at radius 3 is 2.54 bits per heavy atom. The molecule has 0 aromatic carbocycles. The Balaban J connectivity index is 1.80. The minimum atomic E-state index is -1.14. The zero-order valence-corrected chi connectivity index (χ0v) is 17.0. The molecule has 0 aromatic heterocycles. The highest BCUT2D eigenvalue weighted by atomic mass is 19.1. The Bertz CT molecular complexity index is 769. The highest BCUT2D eigenvalue weighted by Crippen LogP contribution is 2.68. The van der Waals surface area contributed by atoms with Crippen LogP contribution in [0, 0.1) is 40.9 Å². The van der Waals surface area contributed by atoms with Crippen LogP contribution in [0.15, 0.2) is 11.4 Å². The van der Waals surface area contributed by atoms with Crippen LogP contribution in [-0.2, 0) is 9.53 Å². The van der Waals surface area contributed by atoms with Crippen molar-refractivity contribution in [2.75, 3.05) is 0 Å². The molecular formula is C23H31FO4. The third kappa shape index (κ3) is 2.47. The van der Waals surface area contributed by atoms with Crippen LogP contribution in [0.4, 0.5) is 4.39 Å². The number of fused-ring (bicyclic) bond motifs is 5. The lowest BCUT2D eigenvalue weighted by atomic mass is 9.45. The Labute approximate surface area is 166 Å². The lowest BCUT2D eigenvalue weighted by Crippen LogP contribution is -2.59. The second-order valence-corrected chi connectivity index (χ2v) is 9.94. The average Bonchev–Trinajstić information content (AvgIpc) is 2.91. The van der Waals surface area contributed by atoms with Gasteiger partial charge in [-0.15, -0.1) is 6.42 Å². The minimum absolute atomic E-state index is 0.0433. The summed E-state index contributed by atoms with van der Waals surface area (Å²) in [6.45, 7) is 5.57. The van der Waals surface area contributed by atoms with Crippen molar-refractivity contribution >= 4 is 5.97 Å². The molecule has 4 nitrogen and oxygen atoms in total. The van der Waals surface area contributed by atoms with Gasteiger partial charge in [-0.25, -0.2) is 4.39 Å². The predicted octanol–water partition coefficient (Wildman–Crippen LogP) is 3.51. The number of ether oxygens (including phenoxy) is 1. The molecule has 0 bridgehead atoms. The van der Waals surface area contributed by atoms with Crippen molar-refractivity contribution in [3.05, 3.63) is 11.4 Å². The van der Waals surface area contributed by atoms with Crippen molar-refractivity contribution in [1.29, 1.82) is 0 Å². The summed E-state index contributed by atoms with van der Waals surface area (Å²) in [7, 11) is 0. The van der Waals surface area contributed by atoms with Crippen LogP contribution in [0.1, 0.15) is 65.7 Å². The summed E-state index contributed by atoms with van der Waals surface area (Å²) in [5, 5.41) is 21.2. The molecule has 2 N–H and O–H groups in total. The number of hydrogen-bond donors (Lipinski definition) is 2.